The van der Waals surface area contributed by atoms with E-state index in [4.69, 9.17) is 4.74 Å². The van der Waals surface area contributed by atoms with E-state index < -0.39 is 0 Å². The summed E-state index contributed by atoms with van der Waals surface area (Å²) in [5, 5.41) is 0. The van der Waals surface area contributed by atoms with E-state index in [1.54, 1.807) is 18.5 Å². The highest BCUT2D eigenvalue weighted by molar-refractivity contribution is 5.85. The summed E-state index contributed by atoms with van der Waals surface area (Å²) in [4.78, 5) is 32.4. The molecule has 2 heterocycles. The summed E-state index contributed by atoms with van der Waals surface area (Å²) in [5.41, 5.74) is 2.33. The van der Waals surface area contributed by atoms with Crippen LogP contribution in [0.15, 0.2) is 58.1 Å². The smallest absolute Gasteiger partial charge is 0.332 e. The molecule has 2 aromatic heterocycles. The van der Waals surface area contributed by atoms with E-state index in [9.17, 15) is 9.59 Å². The van der Waals surface area contributed by atoms with Crippen LogP contribution in [0.2, 0.25) is 0 Å². The minimum absolute atomic E-state index is 0. The van der Waals surface area contributed by atoms with Gasteiger partial charge in [-0.05, 0) is 75.7 Å². The van der Waals surface area contributed by atoms with Crippen LogP contribution < -0.4 is 20.9 Å². The van der Waals surface area contributed by atoms with Gasteiger partial charge in [0.25, 0.3) is 5.56 Å². The van der Waals surface area contributed by atoms with Crippen molar-refractivity contribution in [2.75, 3.05) is 18.0 Å². The zero-order valence-electron chi connectivity index (χ0n) is 22.0. The molecule has 0 aliphatic heterocycles. The number of ether oxygens (including phenoxy) is 1. The molecule has 8 nitrogen and oxygen atoms in total. The van der Waals surface area contributed by atoms with Crippen molar-refractivity contribution in [2.24, 2.45) is 7.05 Å². The Labute approximate surface area is 222 Å². The third-order valence-electron chi connectivity index (χ3n) is 6.41. The highest BCUT2D eigenvalue weighted by Gasteiger charge is 2.17. The second-order valence-corrected chi connectivity index (χ2v) is 8.45. The summed E-state index contributed by atoms with van der Waals surface area (Å²) < 4.78 is 10.5. The molecule has 0 bridgehead atoms. The maximum Gasteiger partial charge on any atom is 0.332 e. The molecular weight excluding hydrogens is 490 g/mol. The van der Waals surface area contributed by atoms with Gasteiger partial charge in [0.15, 0.2) is 11.2 Å². The molecule has 2 aromatic carbocycles. The third kappa shape index (κ3) is 5.49. The van der Waals surface area contributed by atoms with Crippen molar-refractivity contribution < 1.29 is 4.74 Å². The first-order valence-electron chi connectivity index (χ1n) is 12.4. The number of hydrogen-bond acceptors (Lipinski definition) is 5. The minimum Gasteiger partial charge on any atom is -0.457 e. The van der Waals surface area contributed by atoms with Crippen LogP contribution in [0.3, 0.4) is 0 Å². The topological polar surface area (TPSA) is 74.3 Å². The zero-order chi connectivity index (χ0) is 25.8. The number of aryl methyl sites for hydroxylation is 2. The van der Waals surface area contributed by atoms with Gasteiger partial charge >= 0.3 is 5.69 Å². The first-order chi connectivity index (χ1) is 17.4. The fourth-order valence-electron chi connectivity index (χ4n) is 4.36. The summed E-state index contributed by atoms with van der Waals surface area (Å²) in [6.07, 6.45) is 3.78. The van der Waals surface area contributed by atoms with Crippen molar-refractivity contribution >= 4 is 41.4 Å². The van der Waals surface area contributed by atoms with Gasteiger partial charge in [-0.3, -0.25) is 13.9 Å². The second kappa shape index (κ2) is 12.0. The van der Waals surface area contributed by atoms with Crippen LogP contribution in [-0.2, 0) is 20.1 Å². The molecule has 196 valence electrons. The largest absolute Gasteiger partial charge is 0.457 e. The van der Waals surface area contributed by atoms with Gasteiger partial charge in [0.1, 0.15) is 17.3 Å². The Morgan fingerprint density at radius 1 is 0.838 bits per heavy atom. The number of rotatable bonds is 9. The van der Waals surface area contributed by atoms with E-state index in [0.29, 0.717) is 30.1 Å². The Bertz CT molecular complexity index is 1490. The number of hydrogen-bond donors (Lipinski definition) is 0. The maximum absolute atomic E-state index is 12.9. The predicted octanol–water partition coefficient (Wildman–Crippen LogP) is 5.17. The Hall–Kier alpha value is -3.78. The van der Waals surface area contributed by atoms with E-state index in [0.717, 1.165) is 30.2 Å². The van der Waals surface area contributed by atoms with Gasteiger partial charge in [-0.15, -0.1) is 12.4 Å². The quantitative estimate of drug-likeness (QED) is 0.303. The summed E-state index contributed by atoms with van der Waals surface area (Å²) in [7, 11) is 1.79. The van der Waals surface area contributed by atoms with Crippen LogP contribution in [0.5, 0.6) is 11.5 Å². The van der Waals surface area contributed by atoms with E-state index in [2.05, 4.69) is 35.9 Å². The van der Waals surface area contributed by atoms with Gasteiger partial charge in [-0.2, -0.15) is 0 Å². The first kappa shape index (κ1) is 27.8. The fraction of sp³-hybridized carbons (Fsp3) is 0.321. The molecule has 0 unspecified atom stereocenters. The molecular formula is C28H34ClN5O3. The van der Waals surface area contributed by atoms with E-state index in [1.807, 2.05) is 55.5 Å². The molecule has 0 aliphatic carbocycles. The Kier molecular flexibility index (Phi) is 8.99. The average molecular weight is 524 g/mol. The van der Waals surface area contributed by atoms with Crippen LogP contribution in [0.4, 0.5) is 5.69 Å². The summed E-state index contributed by atoms with van der Waals surface area (Å²) in [6.45, 7) is 10.6. The van der Waals surface area contributed by atoms with E-state index in [1.165, 1.54) is 14.8 Å². The lowest BCUT2D eigenvalue weighted by molar-refractivity contribution is 0.482. The van der Waals surface area contributed by atoms with Crippen LogP contribution in [0.25, 0.3) is 23.3 Å². The van der Waals surface area contributed by atoms with Crippen molar-refractivity contribution in [3.63, 3.8) is 0 Å². The van der Waals surface area contributed by atoms with Gasteiger partial charge in [0.05, 0.1) is 0 Å². The predicted molar refractivity (Wildman–Crippen MR) is 153 cm³/mol. The van der Waals surface area contributed by atoms with E-state index in [-0.39, 0.29) is 23.7 Å². The molecule has 0 N–H and O–H groups in total. The molecule has 0 atom stereocenters. The summed E-state index contributed by atoms with van der Waals surface area (Å²) in [6, 6.07) is 15.9. The van der Waals surface area contributed by atoms with Crippen molar-refractivity contribution in [1.29, 1.82) is 0 Å². The maximum atomic E-state index is 12.9. The van der Waals surface area contributed by atoms with Crippen molar-refractivity contribution in [3.8, 4) is 11.5 Å². The van der Waals surface area contributed by atoms with Crippen molar-refractivity contribution in [2.45, 2.75) is 40.8 Å². The Morgan fingerprint density at radius 2 is 1.41 bits per heavy atom. The Balaban J connectivity index is 0.00000380. The molecule has 0 fully saturated rings. The SMILES string of the molecule is CCN(CC)c1ccc(Oc2ccc(/C=C/c3nc4c(c(=O)n(CC)c(=O)n4CC)n3C)cc2)cc1.Cl. The lowest BCUT2D eigenvalue weighted by atomic mass is 10.2. The molecule has 4 aromatic rings. The number of imidazole rings is 1. The molecule has 0 radical (unpaired) electrons. The molecule has 9 heteroatoms. The van der Waals surface area contributed by atoms with Gasteiger partial charge in [0, 0.05) is 38.9 Å². The number of fused-ring (bicyclic) bond motifs is 1. The van der Waals surface area contributed by atoms with Gasteiger partial charge in [0.2, 0.25) is 0 Å². The van der Waals surface area contributed by atoms with Crippen LogP contribution in [0, 0.1) is 0 Å². The number of halogens is 1. The molecule has 37 heavy (non-hydrogen) atoms. The Morgan fingerprint density at radius 3 is 1.95 bits per heavy atom. The molecule has 0 amide bonds. The fourth-order valence-corrected chi connectivity index (χ4v) is 4.36. The molecule has 0 saturated carbocycles. The normalized spacial score (nSPS) is 11.2. The number of anilines is 1. The molecule has 0 spiro atoms. The first-order valence-corrected chi connectivity index (χ1v) is 12.4. The number of nitrogens with zero attached hydrogens (tertiary/aromatic N) is 5. The standard InChI is InChI=1S/C28H33N5O3.ClH/c1-6-31(7-2)21-13-17-23(18-14-21)36-22-15-10-20(11-16-22)12-19-24-29-26-25(30(24)5)27(34)33(9-4)28(35)32(26)8-3;/h10-19H,6-9H2,1-5H3;1H/b19-12+;. The summed E-state index contributed by atoms with van der Waals surface area (Å²) >= 11 is 0. The van der Waals surface area contributed by atoms with Gasteiger partial charge in [-0.1, -0.05) is 18.2 Å². The molecule has 4 rings (SSSR count). The zero-order valence-corrected chi connectivity index (χ0v) is 22.8. The van der Waals surface area contributed by atoms with Crippen molar-refractivity contribution in [3.05, 3.63) is 80.8 Å². The van der Waals surface area contributed by atoms with E-state index >= 15 is 0 Å². The van der Waals surface area contributed by atoms with Crippen LogP contribution in [0.1, 0.15) is 39.1 Å². The number of benzene rings is 2. The highest BCUT2D eigenvalue weighted by atomic mass is 35.5. The lowest BCUT2D eigenvalue weighted by Gasteiger charge is -2.21. The number of aromatic nitrogens is 4. The second-order valence-electron chi connectivity index (χ2n) is 8.45. The van der Waals surface area contributed by atoms with Crippen molar-refractivity contribution in [1.82, 2.24) is 18.7 Å². The lowest BCUT2D eigenvalue weighted by Crippen LogP contribution is -2.39. The third-order valence-corrected chi connectivity index (χ3v) is 6.41. The monoisotopic (exact) mass is 523 g/mol. The van der Waals surface area contributed by atoms with Crippen LogP contribution >= 0.6 is 12.4 Å². The molecule has 0 aliphatic rings. The average Bonchev–Trinajstić information content (AvgIpc) is 3.22. The van der Waals surface area contributed by atoms with Gasteiger partial charge in [-0.25, -0.2) is 9.78 Å². The highest BCUT2D eigenvalue weighted by Crippen LogP contribution is 2.25. The van der Waals surface area contributed by atoms with Gasteiger partial charge < -0.3 is 14.2 Å². The summed E-state index contributed by atoms with van der Waals surface area (Å²) in [5.74, 6) is 2.14. The van der Waals surface area contributed by atoms with Crippen LogP contribution in [-0.4, -0.2) is 31.8 Å². The molecule has 0 saturated heterocycles. The minimum atomic E-state index is -0.329.